The summed E-state index contributed by atoms with van der Waals surface area (Å²) in [6.45, 7) is -1.21. The summed E-state index contributed by atoms with van der Waals surface area (Å²) in [5.41, 5.74) is 5.83. The van der Waals surface area contributed by atoms with Crippen LogP contribution in [0.5, 0.6) is 0 Å². The highest BCUT2D eigenvalue weighted by molar-refractivity contribution is 5.95. The van der Waals surface area contributed by atoms with Gasteiger partial charge in [-0.2, -0.15) is 0 Å². The second-order valence-electron chi connectivity index (χ2n) is 7.54. The first-order valence-corrected chi connectivity index (χ1v) is 9.83. The molecule has 10 atom stereocenters. The van der Waals surface area contributed by atoms with Gasteiger partial charge in [-0.25, -0.2) is 4.79 Å². The van der Waals surface area contributed by atoms with Crippen LogP contribution in [-0.2, 0) is 18.9 Å². The van der Waals surface area contributed by atoms with Gasteiger partial charge in [0.15, 0.2) is 6.29 Å². The first-order valence-electron chi connectivity index (χ1n) is 9.83. The lowest BCUT2D eigenvalue weighted by Gasteiger charge is -2.42. The van der Waals surface area contributed by atoms with Crippen molar-refractivity contribution in [2.24, 2.45) is 0 Å². The van der Waals surface area contributed by atoms with E-state index in [2.05, 4.69) is 0 Å². The Labute approximate surface area is 182 Å². The highest BCUT2D eigenvalue weighted by Gasteiger charge is 2.48. The van der Waals surface area contributed by atoms with E-state index >= 15 is 0 Å². The van der Waals surface area contributed by atoms with Crippen molar-refractivity contribution in [1.82, 2.24) is 0 Å². The van der Waals surface area contributed by atoms with Crippen LogP contribution in [0.3, 0.4) is 0 Å². The Morgan fingerprint density at radius 3 is 2.03 bits per heavy atom. The summed E-state index contributed by atoms with van der Waals surface area (Å²) < 4.78 is 21.0. The lowest BCUT2D eigenvalue weighted by atomic mass is 9.98. The molecule has 1 aromatic rings. The van der Waals surface area contributed by atoms with E-state index in [-0.39, 0.29) is 11.3 Å². The average molecular weight is 461 g/mol. The number of para-hydroxylation sites is 1. The molecule has 32 heavy (non-hydrogen) atoms. The van der Waals surface area contributed by atoms with Gasteiger partial charge in [0.2, 0.25) is 6.29 Å². The fourth-order valence-electron chi connectivity index (χ4n) is 3.40. The molecule has 2 heterocycles. The Kier molecular flexibility index (Phi) is 8.00. The number of esters is 1. The molecule has 2 fully saturated rings. The van der Waals surface area contributed by atoms with E-state index in [0.29, 0.717) is 0 Å². The van der Waals surface area contributed by atoms with Crippen LogP contribution in [-0.4, -0.2) is 116 Å². The number of anilines is 1. The van der Waals surface area contributed by atoms with Gasteiger partial charge in [0.05, 0.1) is 18.8 Å². The number of nitrogen functional groups attached to an aromatic ring is 1. The van der Waals surface area contributed by atoms with Gasteiger partial charge in [-0.05, 0) is 12.1 Å². The van der Waals surface area contributed by atoms with Gasteiger partial charge in [-0.1, -0.05) is 12.1 Å². The number of nitrogens with two attached hydrogens (primary N) is 1. The van der Waals surface area contributed by atoms with Gasteiger partial charge < -0.3 is 60.4 Å². The number of benzene rings is 1. The Bertz CT molecular complexity index is 778. The Morgan fingerprint density at radius 2 is 1.41 bits per heavy atom. The SMILES string of the molecule is Nc1ccccc1C(=O)O[C@@H]1O[C@H](CO[C@@H]2O[C@H](CO)[C@@H](O)[C@H](O)[C@H]2O)[C@@H](O)[C@H](O)[C@H]1O. The van der Waals surface area contributed by atoms with Gasteiger partial charge in [-0.3, -0.25) is 0 Å². The average Bonchev–Trinajstić information content (AvgIpc) is 2.78. The standard InChI is InChI=1S/C19H27NO12/c20-8-4-2-1-3-7(8)17(28)32-19-16(27)14(25)12(23)10(31-19)6-29-18-15(26)13(24)11(22)9(5-21)30-18/h1-4,9-16,18-19,21-27H,5-6,20H2/t9-,10-,11-,12-,13+,14+,15-,16-,18-,19+/m1/s1. The summed E-state index contributed by atoms with van der Waals surface area (Å²) in [5.74, 6) is -0.940. The number of aliphatic hydroxyl groups is 7. The van der Waals surface area contributed by atoms with Gasteiger partial charge in [-0.15, -0.1) is 0 Å². The summed E-state index contributed by atoms with van der Waals surface area (Å²) in [4.78, 5) is 12.4. The molecule has 180 valence electrons. The van der Waals surface area contributed by atoms with Crippen LogP contribution in [0.4, 0.5) is 5.69 Å². The lowest BCUT2D eigenvalue weighted by molar-refractivity contribution is -0.325. The molecule has 3 rings (SSSR count). The van der Waals surface area contributed by atoms with Crippen LogP contribution in [0.25, 0.3) is 0 Å². The van der Waals surface area contributed by atoms with Crippen molar-refractivity contribution in [1.29, 1.82) is 0 Å². The molecule has 2 saturated heterocycles. The maximum absolute atomic E-state index is 12.4. The predicted octanol–water partition coefficient (Wildman–Crippen LogP) is -3.95. The number of aliphatic hydroxyl groups excluding tert-OH is 7. The zero-order valence-corrected chi connectivity index (χ0v) is 16.7. The summed E-state index contributed by atoms with van der Waals surface area (Å²) in [5, 5.41) is 69.3. The fourth-order valence-corrected chi connectivity index (χ4v) is 3.40. The normalized spacial score (nSPS) is 40.1. The van der Waals surface area contributed by atoms with Crippen molar-refractivity contribution in [2.75, 3.05) is 18.9 Å². The number of rotatable bonds is 6. The number of hydrogen-bond donors (Lipinski definition) is 8. The van der Waals surface area contributed by atoms with E-state index in [9.17, 15) is 40.5 Å². The maximum atomic E-state index is 12.4. The molecular weight excluding hydrogens is 434 g/mol. The van der Waals surface area contributed by atoms with Crippen molar-refractivity contribution < 1.29 is 59.5 Å². The van der Waals surface area contributed by atoms with Crippen molar-refractivity contribution in [2.45, 2.75) is 61.4 Å². The molecule has 13 nitrogen and oxygen atoms in total. The largest absolute Gasteiger partial charge is 0.429 e. The Hall–Kier alpha value is -1.91. The van der Waals surface area contributed by atoms with Crippen LogP contribution < -0.4 is 5.73 Å². The minimum absolute atomic E-state index is 0.00182. The van der Waals surface area contributed by atoms with Crippen LogP contribution in [0.2, 0.25) is 0 Å². The molecule has 0 saturated carbocycles. The number of carbonyl (C=O) groups is 1. The van der Waals surface area contributed by atoms with Gasteiger partial charge in [0.1, 0.15) is 48.8 Å². The van der Waals surface area contributed by atoms with E-state index in [4.69, 9.17) is 24.7 Å². The second-order valence-corrected chi connectivity index (χ2v) is 7.54. The monoisotopic (exact) mass is 461 g/mol. The molecule has 0 bridgehead atoms. The third-order valence-electron chi connectivity index (χ3n) is 5.35. The van der Waals surface area contributed by atoms with Crippen molar-refractivity contribution in [3.63, 3.8) is 0 Å². The van der Waals surface area contributed by atoms with E-state index in [1.165, 1.54) is 12.1 Å². The molecule has 0 radical (unpaired) electrons. The van der Waals surface area contributed by atoms with E-state index in [0.717, 1.165) is 0 Å². The first-order chi connectivity index (χ1) is 15.1. The van der Waals surface area contributed by atoms with Crippen LogP contribution >= 0.6 is 0 Å². The molecule has 0 amide bonds. The smallest absolute Gasteiger partial charge is 0.342 e. The van der Waals surface area contributed by atoms with Crippen molar-refractivity contribution in [3.05, 3.63) is 29.8 Å². The highest BCUT2D eigenvalue weighted by atomic mass is 16.7. The maximum Gasteiger partial charge on any atom is 0.342 e. The number of ether oxygens (including phenoxy) is 4. The number of carbonyl (C=O) groups excluding carboxylic acids is 1. The quantitative estimate of drug-likeness (QED) is 0.150. The molecule has 13 heteroatoms. The molecule has 0 aromatic heterocycles. The van der Waals surface area contributed by atoms with Crippen LogP contribution in [0.15, 0.2) is 24.3 Å². The van der Waals surface area contributed by atoms with Crippen LogP contribution in [0.1, 0.15) is 10.4 Å². The van der Waals surface area contributed by atoms with Gasteiger partial charge in [0, 0.05) is 5.69 Å². The molecule has 2 aliphatic rings. The molecule has 2 aliphatic heterocycles. The zero-order chi connectivity index (χ0) is 23.6. The van der Waals surface area contributed by atoms with Gasteiger partial charge >= 0.3 is 5.97 Å². The first kappa shape index (κ1) is 24.7. The second kappa shape index (κ2) is 10.4. The highest BCUT2D eigenvalue weighted by Crippen LogP contribution is 2.26. The molecule has 0 unspecified atom stereocenters. The molecule has 0 spiro atoms. The minimum Gasteiger partial charge on any atom is -0.429 e. The molecule has 0 aliphatic carbocycles. The fraction of sp³-hybridized carbons (Fsp3) is 0.632. The van der Waals surface area contributed by atoms with E-state index in [1.807, 2.05) is 0 Å². The summed E-state index contributed by atoms with van der Waals surface area (Å²) in [6.07, 6.45) is -16.0. The van der Waals surface area contributed by atoms with Crippen LogP contribution in [0, 0.1) is 0 Å². The van der Waals surface area contributed by atoms with Crippen molar-refractivity contribution >= 4 is 11.7 Å². The third kappa shape index (κ3) is 5.02. The van der Waals surface area contributed by atoms with E-state index in [1.54, 1.807) is 12.1 Å². The van der Waals surface area contributed by atoms with E-state index < -0.39 is 80.6 Å². The molecule has 9 N–H and O–H groups in total. The van der Waals surface area contributed by atoms with Gasteiger partial charge in [0.25, 0.3) is 0 Å². The number of hydrogen-bond acceptors (Lipinski definition) is 13. The minimum atomic E-state index is -1.79. The Morgan fingerprint density at radius 1 is 0.844 bits per heavy atom. The zero-order valence-electron chi connectivity index (χ0n) is 16.7. The Balaban J connectivity index is 1.65. The lowest BCUT2D eigenvalue weighted by Crippen LogP contribution is -2.61. The summed E-state index contributed by atoms with van der Waals surface area (Å²) in [6, 6.07) is 5.99. The third-order valence-corrected chi connectivity index (χ3v) is 5.35. The summed E-state index contributed by atoms with van der Waals surface area (Å²) in [7, 11) is 0. The van der Waals surface area contributed by atoms with Crippen molar-refractivity contribution in [3.8, 4) is 0 Å². The molecule has 1 aromatic carbocycles. The molecular formula is C19H27NO12. The predicted molar refractivity (Wildman–Crippen MR) is 103 cm³/mol. The summed E-state index contributed by atoms with van der Waals surface area (Å²) >= 11 is 0. The topological polar surface area (TPSA) is 222 Å².